The summed E-state index contributed by atoms with van der Waals surface area (Å²) in [4.78, 5) is 2.13. The van der Waals surface area contributed by atoms with Crippen molar-refractivity contribution in [3.8, 4) is 5.75 Å². The maximum Gasteiger partial charge on any atom is 0.138 e. The molecule has 1 aromatic carbocycles. The van der Waals surface area contributed by atoms with Crippen molar-refractivity contribution in [3.63, 3.8) is 0 Å². The fourth-order valence-electron chi connectivity index (χ4n) is 1.18. The Bertz CT molecular complexity index is 301. The lowest BCUT2D eigenvalue weighted by Gasteiger charge is -2.17. The van der Waals surface area contributed by atoms with Crippen LogP contribution in [0.1, 0.15) is 13.8 Å². The molecule has 78 valence electrons. The van der Waals surface area contributed by atoms with Gasteiger partial charge in [0.15, 0.2) is 0 Å². The second-order valence-corrected chi connectivity index (χ2v) is 3.47. The highest BCUT2D eigenvalue weighted by molar-refractivity contribution is 6.32. The SMILES string of the molecule is CCOc1ccc(N(C)CC)cc1Cl. The highest BCUT2D eigenvalue weighted by atomic mass is 35.5. The molecular formula is C11H16ClNO. The van der Waals surface area contributed by atoms with E-state index in [9.17, 15) is 0 Å². The average molecular weight is 214 g/mol. The Balaban J connectivity index is 2.88. The summed E-state index contributed by atoms with van der Waals surface area (Å²) >= 11 is 6.06. The van der Waals surface area contributed by atoms with Gasteiger partial charge in [0.05, 0.1) is 11.6 Å². The second-order valence-electron chi connectivity index (χ2n) is 3.06. The van der Waals surface area contributed by atoms with E-state index in [1.54, 1.807) is 0 Å². The molecular weight excluding hydrogens is 198 g/mol. The summed E-state index contributed by atoms with van der Waals surface area (Å²) in [7, 11) is 2.03. The third-order valence-electron chi connectivity index (χ3n) is 2.13. The lowest BCUT2D eigenvalue weighted by Crippen LogP contribution is -2.15. The van der Waals surface area contributed by atoms with Crippen LogP contribution in [0.3, 0.4) is 0 Å². The van der Waals surface area contributed by atoms with Crippen LogP contribution in [-0.4, -0.2) is 20.2 Å². The van der Waals surface area contributed by atoms with Gasteiger partial charge in [0.25, 0.3) is 0 Å². The van der Waals surface area contributed by atoms with Crippen LogP contribution in [0.2, 0.25) is 5.02 Å². The molecule has 14 heavy (non-hydrogen) atoms. The van der Waals surface area contributed by atoms with Gasteiger partial charge in [-0.25, -0.2) is 0 Å². The van der Waals surface area contributed by atoms with Crippen molar-refractivity contribution in [3.05, 3.63) is 23.2 Å². The third kappa shape index (κ3) is 2.55. The largest absolute Gasteiger partial charge is 0.492 e. The van der Waals surface area contributed by atoms with Crippen LogP contribution >= 0.6 is 11.6 Å². The minimum Gasteiger partial charge on any atom is -0.492 e. The monoisotopic (exact) mass is 213 g/mol. The van der Waals surface area contributed by atoms with Gasteiger partial charge in [0, 0.05) is 19.3 Å². The van der Waals surface area contributed by atoms with E-state index in [2.05, 4.69) is 11.8 Å². The molecule has 3 heteroatoms. The number of nitrogens with zero attached hydrogens (tertiary/aromatic N) is 1. The summed E-state index contributed by atoms with van der Waals surface area (Å²) in [6.07, 6.45) is 0. The molecule has 0 aliphatic carbocycles. The maximum absolute atomic E-state index is 6.06. The predicted molar refractivity (Wildman–Crippen MR) is 61.6 cm³/mol. The molecule has 0 saturated heterocycles. The van der Waals surface area contributed by atoms with Crippen LogP contribution in [-0.2, 0) is 0 Å². The van der Waals surface area contributed by atoms with Crippen LogP contribution in [0.4, 0.5) is 5.69 Å². The first-order valence-electron chi connectivity index (χ1n) is 4.82. The van der Waals surface area contributed by atoms with Crippen molar-refractivity contribution in [1.29, 1.82) is 0 Å². The smallest absolute Gasteiger partial charge is 0.138 e. The van der Waals surface area contributed by atoms with E-state index in [4.69, 9.17) is 16.3 Å². The van der Waals surface area contributed by atoms with E-state index in [0.29, 0.717) is 11.6 Å². The lowest BCUT2D eigenvalue weighted by atomic mass is 10.3. The minimum absolute atomic E-state index is 0.642. The Morgan fingerprint density at radius 3 is 2.57 bits per heavy atom. The van der Waals surface area contributed by atoms with E-state index < -0.39 is 0 Å². The molecule has 2 nitrogen and oxygen atoms in total. The molecule has 1 aromatic rings. The number of benzene rings is 1. The van der Waals surface area contributed by atoms with Gasteiger partial charge in [-0.15, -0.1) is 0 Å². The van der Waals surface area contributed by atoms with Gasteiger partial charge < -0.3 is 9.64 Å². The maximum atomic E-state index is 6.06. The molecule has 0 amide bonds. The van der Waals surface area contributed by atoms with Gasteiger partial charge >= 0.3 is 0 Å². The number of ether oxygens (including phenoxy) is 1. The number of hydrogen-bond acceptors (Lipinski definition) is 2. The first-order valence-corrected chi connectivity index (χ1v) is 5.20. The Kier molecular flexibility index (Phi) is 4.08. The lowest BCUT2D eigenvalue weighted by molar-refractivity contribution is 0.340. The van der Waals surface area contributed by atoms with Crippen molar-refractivity contribution in [2.24, 2.45) is 0 Å². The summed E-state index contributed by atoms with van der Waals surface area (Å²) in [5.74, 6) is 0.752. The van der Waals surface area contributed by atoms with Crippen LogP contribution < -0.4 is 9.64 Å². The topological polar surface area (TPSA) is 12.5 Å². The quantitative estimate of drug-likeness (QED) is 0.762. The highest BCUT2D eigenvalue weighted by Gasteiger charge is 2.04. The van der Waals surface area contributed by atoms with E-state index >= 15 is 0 Å². The average Bonchev–Trinajstić information content (AvgIpc) is 2.20. The first kappa shape index (κ1) is 11.2. The van der Waals surface area contributed by atoms with E-state index in [1.165, 1.54) is 0 Å². The summed E-state index contributed by atoms with van der Waals surface area (Å²) in [5, 5.41) is 0.671. The second kappa shape index (κ2) is 5.11. The summed E-state index contributed by atoms with van der Waals surface area (Å²) < 4.78 is 5.35. The molecule has 0 saturated carbocycles. The van der Waals surface area contributed by atoms with Crippen molar-refractivity contribution < 1.29 is 4.74 Å². The van der Waals surface area contributed by atoms with Crippen molar-refractivity contribution in [1.82, 2.24) is 0 Å². The van der Waals surface area contributed by atoms with Gasteiger partial charge in [-0.1, -0.05) is 11.6 Å². The van der Waals surface area contributed by atoms with Gasteiger partial charge in [-0.2, -0.15) is 0 Å². The molecule has 1 rings (SSSR count). The van der Waals surface area contributed by atoms with E-state index in [0.717, 1.165) is 18.0 Å². The van der Waals surface area contributed by atoms with Crippen LogP contribution in [0.15, 0.2) is 18.2 Å². The molecule has 0 radical (unpaired) electrons. The molecule has 0 aromatic heterocycles. The standard InChI is InChI=1S/C11H16ClNO/c1-4-13(3)9-6-7-11(14-5-2)10(12)8-9/h6-8H,4-5H2,1-3H3. The van der Waals surface area contributed by atoms with Gasteiger partial charge in [0.1, 0.15) is 5.75 Å². The first-order chi connectivity index (χ1) is 6.69. The Hall–Kier alpha value is -0.890. The summed E-state index contributed by atoms with van der Waals surface area (Å²) in [5.41, 5.74) is 1.11. The zero-order chi connectivity index (χ0) is 10.6. The summed E-state index contributed by atoms with van der Waals surface area (Å²) in [6, 6.07) is 5.85. The fourth-order valence-corrected chi connectivity index (χ4v) is 1.41. The highest BCUT2D eigenvalue weighted by Crippen LogP contribution is 2.28. The normalized spacial score (nSPS) is 10.0. The molecule has 0 fully saturated rings. The molecule has 0 aliphatic heterocycles. The van der Waals surface area contributed by atoms with Gasteiger partial charge in [0.2, 0.25) is 0 Å². The van der Waals surface area contributed by atoms with Crippen molar-refractivity contribution in [2.45, 2.75) is 13.8 Å². The Labute approximate surface area is 90.4 Å². The Morgan fingerprint density at radius 1 is 1.36 bits per heavy atom. The van der Waals surface area contributed by atoms with Crippen molar-refractivity contribution in [2.75, 3.05) is 25.1 Å². The number of halogens is 1. The number of hydrogen-bond donors (Lipinski definition) is 0. The minimum atomic E-state index is 0.642. The summed E-state index contributed by atoms with van der Waals surface area (Å²) in [6.45, 7) is 5.65. The van der Waals surface area contributed by atoms with Crippen molar-refractivity contribution >= 4 is 17.3 Å². The molecule has 0 bridgehead atoms. The molecule has 0 spiro atoms. The van der Waals surface area contributed by atoms with Crippen LogP contribution in [0.5, 0.6) is 5.75 Å². The molecule has 0 unspecified atom stereocenters. The molecule has 0 heterocycles. The predicted octanol–water partition coefficient (Wildman–Crippen LogP) is 3.19. The molecule has 0 atom stereocenters. The van der Waals surface area contributed by atoms with E-state index in [1.807, 2.05) is 32.2 Å². The third-order valence-corrected chi connectivity index (χ3v) is 2.43. The fraction of sp³-hybridized carbons (Fsp3) is 0.455. The van der Waals surface area contributed by atoms with Crippen LogP contribution in [0.25, 0.3) is 0 Å². The zero-order valence-corrected chi connectivity index (χ0v) is 9.64. The number of rotatable bonds is 4. The van der Waals surface area contributed by atoms with Crippen LogP contribution in [0, 0.1) is 0 Å². The zero-order valence-electron chi connectivity index (χ0n) is 8.88. The molecule has 0 N–H and O–H groups in total. The Morgan fingerprint density at radius 2 is 2.07 bits per heavy atom. The van der Waals surface area contributed by atoms with Gasteiger partial charge in [-0.3, -0.25) is 0 Å². The molecule has 0 aliphatic rings. The number of anilines is 1. The van der Waals surface area contributed by atoms with Gasteiger partial charge in [-0.05, 0) is 32.0 Å². The van der Waals surface area contributed by atoms with E-state index in [-0.39, 0.29) is 0 Å².